The van der Waals surface area contributed by atoms with Crippen LogP contribution in [0.1, 0.15) is 28.9 Å². The first-order chi connectivity index (χ1) is 12.3. The fourth-order valence-corrected chi connectivity index (χ4v) is 3.68. The van der Waals surface area contributed by atoms with Crippen molar-refractivity contribution < 1.29 is 14.3 Å². The number of morpholine rings is 1. The molecule has 4 rings (SSSR count). The van der Waals surface area contributed by atoms with Crippen LogP contribution in [0.2, 0.25) is 0 Å². The molecular formula is C19H21N3O3. The first-order valence-corrected chi connectivity index (χ1v) is 8.67. The monoisotopic (exact) mass is 339 g/mol. The van der Waals surface area contributed by atoms with Crippen molar-refractivity contribution in [1.82, 2.24) is 14.9 Å². The highest BCUT2D eigenvalue weighted by molar-refractivity contribution is 5.94. The van der Waals surface area contributed by atoms with Gasteiger partial charge in [-0.1, -0.05) is 6.07 Å². The van der Waals surface area contributed by atoms with E-state index in [1.54, 1.807) is 30.7 Å². The Hall–Kier alpha value is -2.31. The average Bonchev–Trinajstić information content (AvgIpc) is 3.10. The largest absolute Gasteiger partial charge is 0.372 e. The quantitative estimate of drug-likeness (QED) is 0.853. The third kappa shape index (κ3) is 3.41. The minimum absolute atomic E-state index is 0.0000427. The second kappa shape index (κ2) is 7.29. The predicted molar refractivity (Wildman–Crippen MR) is 90.8 cm³/mol. The van der Waals surface area contributed by atoms with Gasteiger partial charge in [-0.25, -0.2) is 0 Å². The van der Waals surface area contributed by atoms with Gasteiger partial charge in [-0.15, -0.1) is 0 Å². The fourth-order valence-electron chi connectivity index (χ4n) is 3.68. The Morgan fingerprint density at radius 3 is 2.88 bits per heavy atom. The molecule has 1 amide bonds. The van der Waals surface area contributed by atoms with Crippen LogP contribution >= 0.6 is 0 Å². The third-order valence-electron chi connectivity index (χ3n) is 4.90. The van der Waals surface area contributed by atoms with Crippen molar-refractivity contribution in [2.45, 2.75) is 37.7 Å². The van der Waals surface area contributed by atoms with E-state index in [0.29, 0.717) is 25.3 Å². The Labute approximate surface area is 146 Å². The van der Waals surface area contributed by atoms with Crippen LogP contribution in [-0.4, -0.2) is 52.2 Å². The number of nitrogens with zero attached hydrogens (tertiary/aromatic N) is 3. The molecule has 6 heteroatoms. The van der Waals surface area contributed by atoms with Crippen molar-refractivity contribution >= 4 is 5.91 Å². The number of hydrogen-bond donors (Lipinski definition) is 0. The number of carbonyl (C=O) groups excluding carboxylic acids is 1. The zero-order valence-corrected chi connectivity index (χ0v) is 14.0. The molecule has 2 aliphatic rings. The molecule has 2 fully saturated rings. The number of ether oxygens (including phenoxy) is 2. The molecule has 0 unspecified atom stereocenters. The molecule has 3 atom stereocenters. The van der Waals surface area contributed by atoms with Crippen LogP contribution in [0.25, 0.3) is 0 Å². The minimum Gasteiger partial charge on any atom is -0.372 e. The molecule has 3 heterocycles. The van der Waals surface area contributed by atoms with E-state index in [4.69, 9.17) is 9.47 Å². The molecule has 1 aliphatic carbocycles. The van der Waals surface area contributed by atoms with Crippen molar-refractivity contribution in [3.8, 4) is 0 Å². The first kappa shape index (κ1) is 16.2. The standard InChI is InChI=1S/C19H21N3O3/c23-19(14-6-9-20-10-7-14)22-11-12-24-18-16(22)4-5-17(18)25-13-15-3-1-2-8-21-15/h1-3,6-10,16-18H,4-5,11-13H2/t16-,17-,18+/m0/s1. The number of aromatic nitrogens is 2. The molecule has 130 valence electrons. The van der Waals surface area contributed by atoms with E-state index < -0.39 is 0 Å². The Balaban J connectivity index is 1.42. The summed E-state index contributed by atoms with van der Waals surface area (Å²) < 4.78 is 12.0. The van der Waals surface area contributed by atoms with E-state index in [0.717, 1.165) is 18.5 Å². The van der Waals surface area contributed by atoms with Gasteiger partial charge in [-0.3, -0.25) is 14.8 Å². The summed E-state index contributed by atoms with van der Waals surface area (Å²) >= 11 is 0. The molecule has 1 saturated heterocycles. The molecule has 0 bridgehead atoms. The zero-order valence-electron chi connectivity index (χ0n) is 14.0. The smallest absolute Gasteiger partial charge is 0.254 e. The van der Waals surface area contributed by atoms with Gasteiger partial charge in [-0.05, 0) is 37.1 Å². The highest BCUT2D eigenvalue weighted by atomic mass is 16.5. The predicted octanol–water partition coefficient (Wildman–Crippen LogP) is 2.07. The third-order valence-corrected chi connectivity index (χ3v) is 4.90. The number of carbonyl (C=O) groups is 1. The van der Waals surface area contributed by atoms with Gasteiger partial charge in [0.2, 0.25) is 0 Å². The maximum absolute atomic E-state index is 12.8. The molecule has 6 nitrogen and oxygen atoms in total. The molecular weight excluding hydrogens is 318 g/mol. The lowest BCUT2D eigenvalue weighted by atomic mass is 10.1. The summed E-state index contributed by atoms with van der Waals surface area (Å²) in [5.41, 5.74) is 1.58. The Morgan fingerprint density at radius 2 is 2.08 bits per heavy atom. The van der Waals surface area contributed by atoms with Gasteiger partial charge in [0.1, 0.15) is 6.10 Å². The van der Waals surface area contributed by atoms with E-state index in [2.05, 4.69) is 9.97 Å². The second-order valence-corrected chi connectivity index (χ2v) is 6.39. The normalized spacial score (nSPS) is 25.6. The van der Waals surface area contributed by atoms with Crippen molar-refractivity contribution in [3.05, 3.63) is 60.2 Å². The zero-order chi connectivity index (χ0) is 17.1. The number of amides is 1. The molecule has 1 saturated carbocycles. The van der Waals surface area contributed by atoms with Gasteiger partial charge in [0.25, 0.3) is 5.91 Å². The van der Waals surface area contributed by atoms with E-state index in [9.17, 15) is 4.79 Å². The highest BCUT2D eigenvalue weighted by Gasteiger charge is 2.45. The molecule has 0 spiro atoms. The summed E-state index contributed by atoms with van der Waals surface area (Å²) in [5.74, 6) is 0.0473. The second-order valence-electron chi connectivity index (χ2n) is 6.39. The average molecular weight is 339 g/mol. The molecule has 0 N–H and O–H groups in total. The summed E-state index contributed by atoms with van der Waals surface area (Å²) in [4.78, 5) is 23.0. The summed E-state index contributed by atoms with van der Waals surface area (Å²) in [6, 6.07) is 9.39. The topological polar surface area (TPSA) is 64.6 Å². The molecule has 0 radical (unpaired) electrons. The van der Waals surface area contributed by atoms with Crippen molar-refractivity contribution in [2.75, 3.05) is 13.2 Å². The molecule has 2 aromatic rings. The maximum Gasteiger partial charge on any atom is 0.254 e. The lowest BCUT2D eigenvalue weighted by molar-refractivity contribution is -0.109. The van der Waals surface area contributed by atoms with E-state index in [-0.39, 0.29) is 24.2 Å². The van der Waals surface area contributed by atoms with Crippen LogP contribution < -0.4 is 0 Å². The van der Waals surface area contributed by atoms with E-state index in [1.165, 1.54) is 0 Å². The van der Waals surface area contributed by atoms with Crippen LogP contribution in [0.3, 0.4) is 0 Å². The molecule has 1 aliphatic heterocycles. The Kier molecular flexibility index (Phi) is 4.72. The first-order valence-electron chi connectivity index (χ1n) is 8.67. The molecule has 0 aromatic carbocycles. The van der Waals surface area contributed by atoms with Crippen molar-refractivity contribution in [1.29, 1.82) is 0 Å². The van der Waals surface area contributed by atoms with Crippen LogP contribution in [0.15, 0.2) is 48.9 Å². The summed E-state index contributed by atoms with van der Waals surface area (Å²) in [7, 11) is 0. The SMILES string of the molecule is O=C(c1ccncc1)N1CCO[C@H]2[C@@H](OCc3ccccn3)CC[C@@H]21. The number of fused-ring (bicyclic) bond motifs is 1. The minimum atomic E-state index is -0.0664. The fraction of sp³-hybridized carbons (Fsp3) is 0.421. The number of rotatable bonds is 4. The van der Waals surface area contributed by atoms with Gasteiger partial charge >= 0.3 is 0 Å². The molecule has 2 aromatic heterocycles. The Bertz CT molecular complexity index is 710. The van der Waals surface area contributed by atoms with Gasteiger partial charge in [0, 0.05) is 30.7 Å². The van der Waals surface area contributed by atoms with Gasteiger partial charge < -0.3 is 14.4 Å². The lowest BCUT2D eigenvalue weighted by Gasteiger charge is -2.39. The number of pyridine rings is 2. The van der Waals surface area contributed by atoms with Crippen molar-refractivity contribution in [2.24, 2.45) is 0 Å². The van der Waals surface area contributed by atoms with Gasteiger partial charge in [-0.2, -0.15) is 0 Å². The van der Waals surface area contributed by atoms with Gasteiger partial charge in [0.05, 0.1) is 31.1 Å². The maximum atomic E-state index is 12.8. The lowest BCUT2D eigenvalue weighted by Crippen LogP contribution is -2.53. The summed E-state index contributed by atoms with van der Waals surface area (Å²) in [6.45, 7) is 1.63. The van der Waals surface area contributed by atoms with Crippen LogP contribution in [0, 0.1) is 0 Å². The van der Waals surface area contributed by atoms with E-state index in [1.807, 2.05) is 23.1 Å². The van der Waals surface area contributed by atoms with Crippen LogP contribution in [-0.2, 0) is 16.1 Å². The Morgan fingerprint density at radius 1 is 1.20 bits per heavy atom. The highest BCUT2D eigenvalue weighted by Crippen LogP contribution is 2.33. The van der Waals surface area contributed by atoms with E-state index >= 15 is 0 Å². The van der Waals surface area contributed by atoms with Gasteiger partial charge in [0.15, 0.2) is 0 Å². The number of hydrogen-bond acceptors (Lipinski definition) is 5. The van der Waals surface area contributed by atoms with Crippen LogP contribution in [0.4, 0.5) is 0 Å². The van der Waals surface area contributed by atoms with Crippen LogP contribution in [0.5, 0.6) is 0 Å². The van der Waals surface area contributed by atoms with Crippen molar-refractivity contribution in [3.63, 3.8) is 0 Å². The molecule has 25 heavy (non-hydrogen) atoms. The summed E-state index contributed by atoms with van der Waals surface area (Å²) in [5, 5.41) is 0. The summed E-state index contributed by atoms with van der Waals surface area (Å²) in [6.07, 6.45) is 6.79.